The van der Waals surface area contributed by atoms with Gasteiger partial charge in [-0.1, -0.05) is 29.7 Å². The third kappa shape index (κ3) is 4.50. The lowest BCUT2D eigenvalue weighted by atomic mass is 9.95. The van der Waals surface area contributed by atoms with Crippen LogP contribution in [0.25, 0.3) is 22.0 Å². The van der Waals surface area contributed by atoms with Gasteiger partial charge < -0.3 is 9.47 Å². The van der Waals surface area contributed by atoms with Crippen LogP contribution in [0.4, 0.5) is 0 Å². The maximum absolute atomic E-state index is 13.1. The monoisotopic (exact) mass is 498 g/mol. The number of terminal acetylenes is 1. The van der Waals surface area contributed by atoms with Gasteiger partial charge in [0.2, 0.25) is 0 Å². The number of aromatic nitrogens is 3. The molecule has 0 spiro atoms. The molecule has 0 saturated heterocycles. The van der Waals surface area contributed by atoms with Crippen molar-refractivity contribution in [3.05, 3.63) is 86.7 Å². The van der Waals surface area contributed by atoms with E-state index in [1.54, 1.807) is 43.3 Å². The molecule has 178 valence electrons. The number of hydrogen-bond donors (Lipinski definition) is 0. The van der Waals surface area contributed by atoms with Gasteiger partial charge in [-0.3, -0.25) is 14.3 Å². The SMILES string of the molecule is C#Cc1c(C(=O)OC)cccc1-c1cc(Cl)ccc1OCCn1c(C)nc2cncc(C#N)c2c1=O. The molecule has 9 heteroatoms. The van der Waals surface area contributed by atoms with E-state index in [4.69, 9.17) is 27.5 Å². The van der Waals surface area contributed by atoms with Crippen molar-refractivity contribution < 1.29 is 14.3 Å². The number of halogens is 1. The Kier molecular flexibility index (Phi) is 7.00. The Balaban J connectivity index is 1.69. The second-order valence-corrected chi connectivity index (χ2v) is 8.10. The van der Waals surface area contributed by atoms with Crippen LogP contribution in [0.1, 0.15) is 27.3 Å². The summed E-state index contributed by atoms with van der Waals surface area (Å²) in [5.74, 6) is 2.93. The highest BCUT2D eigenvalue weighted by Crippen LogP contribution is 2.36. The van der Waals surface area contributed by atoms with Crippen LogP contribution in [0.3, 0.4) is 0 Å². The van der Waals surface area contributed by atoms with Crippen molar-refractivity contribution in [2.75, 3.05) is 13.7 Å². The van der Waals surface area contributed by atoms with E-state index in [-0.39, 0.29) is 35.2 Å². The number of carbonyl (C=O) groups is 1. The molecule has 36 heavy (non-hydrogen) atoms. The molecule has 0 aliphatic rings. The molecule has 0 radical (unpaired) electrons. The van der Waals surface area contributed by atoms with Gasteiger partial charge in [-0.2, -0.15) is 5.26 Å². The van der Waals surface area contributed by atoms with Crippen molar-refractivity contribution in [1.29, 1.82) is 5.26 Å². The minimum Gasteiger partial charge on any atom is -0.491 e. The first-order chi connectivity index (χ1) is 17.4. The summed E-state index contributed by atoms with van der Waals surface area (Å²) in [6.45, 7) is 1.98. The van der Waals surface area contributed by atoms with E-state index < -0.39 is 5.97 Å². The van der Waals surface area contributed by atoms with Crippen molar-refractivity contribution in [2.24, 2.45) is 0 Å². The normalized spacial score (nSPS) is 10.5. The summed E-state index contributed by atoms with van der Waals surface area (Å²) in [6, 6.07) is 12.1. The van der Waals surface area contributed by atoms with Gasteiger partial charge in [-0.05, 0) is 31.2 Å². The summed E-state index contributed by atoms with van der Waals surface area (Å²) in [7, 11) is 1.28. The summed E-state index contributed by atoms with van der Waals surface area (Å²) in [6.07, 6.45) is 8.54. The van der Waals surface area contributed by atoms with E-state index in [0.29, 0.717) is 38.8 Å². The van der Waals surface area contributed by atoms with E-state index in [0.717, 1.165) is 0 Å². The summed E-state index contributed by atoms with van der Waals surface area (Å²) < 4.78 is 12.3. The van der Waals surface area contributed by atoms with Crippen molar-refractivity contribution in [2.45, 2.75) is 13.5 Å². The van der Waals surface area contributed by atoms with Crippen LogP contribution in [0.2, 0.25) is 5.02 Å². The van der Waals surface area contributed by atoms with Gasteiger partial charge in [-0.15, -0.1) is 6.42 Å². The molecule has 0 amide bonds. The number of methoxy groups -OCH3 is 1. The molecule has 8 nitrogen and oxygen atoms in total. The molecule has 0 atom stereocenters. The Morgan fingerprint density at radius 3 is 2.75 bits per heavy atom. The van der Waals surface area contributed by atoms with E-state index in [2.05, 4.69) is 15.9 Å². The van der Waals surface area contributed by atoms with Gasteiger partial charge in [0, 0.05) is 27.9 Å². The lowest BCUT2D eigenvalue weighted by Crippen LogP contribution is -2.27. The van der Waals surface area contributed by atoms with Crippen molar-refractivity contribution in [1.82, 2.24) is 14.5 Å². The molecule has 2 aromatic heterocycles. The topological polar surface area (TPSA) is 107 Å². The van der Waals surface area contributed by atoms with Gasteiger partial charge in [0.15, 0.2) is 0 Å². The number of carbonyl (C=O) groups excluding carboxylic acids is 1. The Morgan fingerprint density at radius 1 is 1.22 bits per heavy atom. The zero-order valence-corrected chi connectivity index (χ0v) is 20.2. The molecule has 0 saturated carbocycles. The number of nitrogens with zero attached hydrogens (tertiary/aromatic N) is 4. The fourth-order valence-electron chi connectivity index (χ4n) is 3.92. The van der Waals surface area contributed by atoms with Crippen molar-refractivity contribution in [3.8, 4) is 35.3 Å². The lowest BCUT2D eigenvalue weighted by molar-refractivity contribution is 0.0600. The number of fused-ring (bicyclic) bond motifs is 1. The summed E-state index contributed by atoms with van der Waals surface area (Å²) in [4.78, 5) is 33.7. The van der Waals surface area contributed by atoms with E-state index in [1.807, 2.05) is 6.07 Å². The van der Waals surface area contributed by atoms with E-state index >= 15 is 0 Å². The molecular formula is C27H19ClN4O4. The molecule has 2 heterocycles. The fourth-order valence-corrected chi connectivity index (χ4v) is 4.09. The van der Waals surface area contributed by atoms with Crippen LogP contribution in [0.5, 0.6) is 5.75 Å². The van der Waals surface area contributed by atoms with Gasteiger partial charge in [0.05, 0.1) is 41.9 Å². The number of aryl methyl sites for hydroxylation is 1. The number of esters is 1. The Labute approximate surface area is 211 Å². The molecule has 0 bridgehead atoms. The zero-order chi connectivity index (χ0) is 25.8. The number of pyridine rings is 1. The van der Waals surface area contributed by atoms with Crippen LogP contribution in [0, 0.1) is 30.6 Å². The smallest absolute Gasteiger partial charge is 0.339 e. The second-order valence-electron chi connectivity index (χ2n) is 7.66. The summed E-state index contributed by atoms with van der Waals surface area (Å²) >= 11 is 6.26. The summed E-state index contributed by atoms with van der Waals surface area (Å²) in [5.41, 5.74) is 1.92. The van der Waals surface area contributed by atoms with Crippen molar-refractivity contribution >= 4 is 28.5 Å². The lowest BCUT2D eigenvalue weighted by Gasteiger charge is -2.16. The molecule has 0 N–H and O–H groups in total. The average molecular weight is 499 g/mol. The maximum Gasteiger partial charge on any atom is 0.339 e. The molecular weight excluding hydrogens is 480 g/mol. The fraction of sp³-hybridized carbons (Fsp3) is 0.148. The maximum atomic E-state index is 13.1. The molecule has 4 rings (SSSR count). The highest BCUT2D eigenvalue weighted by atomic mass is 35.5. The Bertz CT molecular complexity index is 1650. The van der Waals surface area contributed by atoms with E-state index in [9.17, 15) is 14.9 Å². The minimum absolute atomic E-state index is 0.109. The number of ether oxygens (including phenoxy) is 2. The minimum atomic E-state index is -0.556. The van der Waals surface area contributed by atoms with Gasteiger partial charge in [0.25, 0.3) is 5.56 Å². The van der Waals surface area contributed by atoms with Gasteiger partial charge in [-0.25, -0.2) is 9.78 Å². The summed E-state index contributed by atoms with van der Waals surface area (Å²) in [5, 5.41) is 10.0. The number of rotatable bonds is 6. The predicted octanol–water partition coefficient (Wildman–Crippen LogP) is 4.14. The van der Waals surface area contributed by atoms with Crippen LogP contribution >= 0.6 is 11.6 Å². The predicted molar refractivity (Wildman–Crippen MR) is 135 cm³/mol. The first-order valence-corrected chi connectivity index (χ1v) is 11.1. The molecule has 2 aromatic carbocycles. The molecule has 0 fully saturated rings. The van der Waals surface area contributed by atoms with Gasteiger partial charge >= 0.3 is 5.97 Å². The standard InChI is InChI=1S/C27H19ClN4O4/c1-4-19-20(6-5-7-21(19)27(34)35-3)22-12-18(28)8-9-24(22)36-11-10-32-16(2)31-23-15-30-14-17(13-29)25(23)26(32)33/h1,5-9,12,14-15H,10-11H2,2-3H3. The Hall–Kier alpha value is -4.66. The van der Waals surface area contributed by atoms with Crippen molar-refractivity contribution in [3.63, 3.8) is 0 Å². The number of hydrogen-bond acceptors (Lipinski definition) is 7. The van der Waals surface area contributed by atoms with Crippen LogP contribution in [0.15, 0.2) is 53.6 Å². The molecule has 4 aromatic rings. The quantitative estimate of drug-likeness (QED) is 0.290. The Morgan fingerprint density at radius 2 is 2.03 bits per heavy atom. The largest absolute Gasteiger partial charge is 0.491 e. The highest BCUT2D eigenvalue weighted by Gasteiger charge is 2.18. The first-order valence-electron chi connectivity index (χ1n) is 10.8. The third-order valence-electron chi connectivity index (χ3n) is 5.60. The molecule has 0 aliphatic heterocycles. The van der Waals surface area contributed by atoms with Gasteiger partial charge in [0.1, 0.15) is 24.3 Å². The van der Waals surface area contributed by atoms with Crippen LogP contribution < -0.4 is 10.3 Å². The van der Waals surface area contributed by atoms with E-state index in [1.165, 1.54) is 24.1 Å². The number of nitriles is 1. The zero-order valence-electron chi connectivity index (χ0n) is 19.4. The molecule has 0 unspecified atom stereocenters. The third-order valence-corrected chi connectivity index (χ3v) is 5.83. The van der Waals surface area contributed by atoms with Crippen LogP contribution in [-0.4, -0.2) is 34.2 Å². The highest BCUT2D eigenvalue weighted by molar-refractivity contribution is 6.31. The number of benzene rings is 2. The first kappa shape index (κ1) is 24.5. The molecule has 0 aliphatic carbocycles. The average Bonchev–Trinajstić information content (AvgIpc) is 2.89. The second kappa shape index (κ2) is 10.3. The van der Waals surface area contributed by atoms with Crippen LogP contribution in [-0.2, 0) is 11.3 Å².